The van der Waals surface area contributed by atoms with Gasteiger partial charge < -0.3 is 10.1 Å². The number of ketones is 1. The largest absolute Gasteiger partial charge is 0.462 e. The van der Waals surface area contributed by atoms with E-state index < -0.39 is 5.92 Å². The van der Waals surface area contributed by atoms with Crippen LogP contribution in [0.4, 0.5) is 0 Å². The second kappa shape index (κ2) is 7.65. The number of rotatable bonds is 6. The average molecular weight is 433 g/mol. The van der Waals surface area contributed by atoms with Gasteiger partial charge in [0.1, 0.15) is 0 Å². The topological polar surface area (TPSA) is 79.2 Å². The molecule has 1 aliphatic heterocycles. The molecule has 0 radical (unpaired) electrons. The van der Waals surface area contributed by atoms with Crippen molar-refractivity contribution in [1.29, 1.82) is 5.26 Å². The highest BCUT2D eigenvalue weighted by atomic mass is 32.1. The summed E-state index contributed by atoms with van der Waals surface area (Å²) in [6, 6.07) is 7.77. The highest BCUT2D eigenvalue weighted by molar-refractivity contribution is 7.17. The van der Waals surface area contributed by atoms with Gasteiger partial charge in [-0.2, -0.15) is 5.26 Å². The molecule has 2 saturated carbocycles. The molecule has 1 aromatic carbocycles. The SMILES string of the molecule is CC(=O)C1=C(C)NC(C2CC2)=C(C(=O)OCC2CC2)C1c1csc2cc(C#N)ccc12. The van der Waals surface area contributed by atoms with Crippen LogP contribution in [0, 0.1) is 23.2 Å². The summed E-state index contributed by atoms with van der Waals surface area (Å²) < 4.78 is 6.72. The van der Waals surface area contributed by atoms with E-state index in [1.807, 2.05) is 24.4 Å². The second-order valence-electron chi connectivity index (χ2n) is 8.81. The quantitative estimate of drug-likeness (QED) is 0.654. The molecular weight excluding hydrogens is 408 g/mol. The van der Waals surface area contributed by atoms with Crippen LogP contribution in [-0.4, -0.2) is 18.4 Å². The molecule has 0 spiro atoms. The first-order chi connectivity index (χ1) is 15.0. The van der Waals surface area contributed by atoms with Crippen molar-refractivity contribution in [3.8, 4) is 6.07 Å². The average Bonchev–Trinajstić information content (AvgIpc) is 3.67. The Hall–Kier alpha value is -2.91. The summed E-state index contributed by atoms with van der Waals surface area (Å²) in [7, 11) is 0. The van der Waals surface area contributed by atoms with Crippen molar-refractivity contribution in [2.24, 2.45) is 11.8 Å². The fourth-order valence-electron chi connectivity index (χ4n) is 4.45. The molecule has 1 N–H and O–H groups in total. The third kappa shape index (κ3) is 3.68. The van der Waals surface area contributed by atoms with Crippen molar-refractivity contribution >= 4 is 33.2 Å². The predicted octanol–water partition coefficient (Wildman–Crippen LogP) is 4.94. The molecule has 2 aromatic rings. The molecule has 0 saturated heterocycles. The van der Waals surface area contributed by atoms with E-state index in [1.165, 1.54) is 11.3 Å². The first-order valence-corrected chi connectivity index (χ1v) is 11.7. The molecule has 1 aromatic heterocycles. The van der Waals surface area contributed by atoms with Crippen molar-refractivity contribution in [3.63, 3.8) is 0 Å². The number of ether oxygens (including phenoxy) is 1. The van der Waals surface area contributed by atoms with E-state index in [9.17, 15) is 14.9 Å². The predicted molar refractivity (Wildman–Crippen MR) is 119 cm³/mol. The van der Waals surface area contributed by atoms with Crippen LogP contribution in [-0.2, 0) is 14.3 Å². The van der Waals surface area contributed by atoms with E-state index in [-0.39, 0.29) is 11.8 Å². The number of Topliss-reactive ketones (excluding diaryl/α,β-unsaturated/α-hetero) is 1. The number of allylic oxidation sites excluding steroid dienone is 3. The minimum Gasteiger partial charge on any atom is -0.462 e. The lowest BCUT2D eigenvalue weighted by molar-refractivity contribution is -0.139. The maximum atomic E-state index is 13.4. The number of hydrogen-bond acceptors (Lipinski definition) is 6. The lowest BCUT2D eigenvalue weighted by Crippen LogP contribution is -2.33. The third-order valence-electron chi connectivity index (χ3n) is 6.37. The fraction of sp³-hybridized carbons (Fsp3) is 0.400. The van der Waals surface area contributed by atoms with Crippen molar-refractivity contribution < 1.29 is 14.3 Å². The van der Waals surface area contributed by atoms with Crippen LogP contribution in [0.15, 0.2) is 46.1 Å². The van der Waals surface area contributed by atoms with Crippen LogP contribution in [0.3, 0.4) is 0 Å². The summed E-state index contributed by atoms with van der Waals surface area (Å²) in [5.74, 6) is -0.0389. The number of hydrogen-bond donors (Lipinski definition) is 1. The standard InChI is InChI=1S/C25H24N2O3S/c1-13-21(14(2)28)22(19-12-31-20-9-16(10-26)5-8-18(19)20)23(24(27-13)17-6-7-17)25(29)30-11-15-3-4-15/h5,8-9,12,15,17,22,27H,3-4,6-7,11H2,1-2H3. The lowest BCUT2D eigenvalue weighted by atomic mass is 9.78. The molecule has 0 bridgehead atoms. The van der Waals surface area contributed by atoms with Crippen LogP contribution in [0.2, 0.25) is 0 Å². The number of thiophene rings is 1. The lowest BCUT2D eigenvalue weighted by Gasteiger charge is -2.31. The number of nitriles is 1. The second-order valence-corrected chi connectivity index (χ2v) is 9.72. The van der Waals surface area contributed by atoms with E-state index >= 15 is 0 Å². The number of nitrogens with zero attached hydrogens (tertiary/aromatic N) is 1. The van der Waals surface area contributed by atoms with Gasteiger partial charge in [-0.3, -0.25) is 4.79 Å². The van der Waals surface area contributed by atoms with Gasteiger partial charge in [-0.05, 0) is 79.8 Å². The number of fused-ring (bicyclic) bond motifs is 1. The van der Waals surface area contributed by atoms with Gasteiger partial charge in [-0.15, -0.1) is 11.3 Å². The number of carbonyl (C=O) groups is 2. The van der Waals surface area contributed by atoms with Gasteiger partial charge in [0.25, 0.3) is 0 Å². The summed E-state index contributed by atoms with van der Waals surface area (Å²) in [6.07, 6.45) is 4.29. The first-order valence-electron chi connectivity index (χ1n) is 10.8. The van der Waals surface area contributed by atoms with Crippen LogP contribution < -0.4 is 5.32 Å². The highest BCUT2D eigenvalue weighted by Gasteiger charge is 2.42. The summed E-state index contributed by atoms with van der Waals surface area (Å²) in [5, 5.41) is 15.7. The summed E-state index contributed by atoms with van der Waals surface area (Å²) in [4.78, 5) is 26.2. The Morgan fingerprint density at radius 1 is 1.23 bits per heavy atom. The Labute approximate surface area is 185 Å². The minimum atomic E-state index is -0.456. The number of nitrogens with one attached hydrogen (secondary N) is 1. The Morgan fingerprint density at radius 2 is 2.00 bits per heavy atom. The monoisotopic (exact) mass is 432 g/mol. The Kier molecular flexibility index (Phi) is 4.94. The minimum absolute atomic E-state index is 0.0506. The van der Waals surface area contributed by atoms with Gasteiger partial charge in [0.05, 0.1) is 23.8 Å². The van der Waals surface area contributed by atoms with Gasteiger partial charge in [0.2, 0.25) is 0 Å². The zero-order valence-electron chi connectivity index (χ0n) is 17.7. The number of benzene rings is 1. The molecule has 1 atom stereocenters. The van der Waals surface area contributed by atoms with E-state index in [4.69, 9.17) is 4.74 Å². The highest BCUT2D eigenvalue weighted by Crippen LogP contribution is 2.48. The molecule has 0 amide bonds. The molecule has 5 rings (SSSR count). The van der Waals surface area contributed by atoms with Crippen molar-refractivity contribution in [2.75, 3.05) is 6.61 Å². The van der Waals surface area contributed by atoms with Gasteiger partial charge in [-0.1, -0.05) is 6.07 Å². The zero-order chi connectivity index (χ0) is 21.7. The van der Waals surface area contributed by atoms with Gasteiger partial charge in [0, 0.05) is 27.6 Å². The molecule has 158 valence electrons. The van der Waals surface area contributed by atoms with Crippen molar-refractivity contribution in [3.05, 3.63) is 57.2 Å². The fourth-order valence-corrected chi connectivity index (χ4v) is 5.48. The number of dihydropyridines is 1. The third-order valence-corrected chi connectivity index (χ3v) is 7.33. The maximum Gasteiger partial charge on any atom is 0.336 e. The number of esters is 1. The molecule has 1 unspecified atom stereocenters. The molecule has 2 aliphatic carbocycles. The first kappa shape index (κ1) is 20.0. The molecule has 2 heterocycles. The molecule has 6 heteroatoms. The van der Waals surface area contributed by atoms with Gasteiger partial charge in [0.15, 0.2) is 5.78 Å². The van der Waals surface area contributed by atoms with E-state index in [0.717, 1.165) is 52.7 Å². The molecule has 3 aliphatic rings. The number of carbonyl (C=O) groups excluding carboxylic acids is 2. The smallest absolute Gasteiger partial charge is 0.336 e. The molecule has 5 nitrogen and oxygen atoms in total. The van der Waals surface area contributed by atoms with Crippen LogP contribution in [0.1, 0.15) is 56.6 Å². The van der Waals surface area contributed by atoms with Crippen LogP contribution in [0.5, 0.6) is 0 Å². The van der Waals surface area contributed by atoms with E-state index in [0.29, 0.717) is 35.2 Å². The Balaban J connectivity index is 1.66. The van der Waals surface area contributed by atoms with Crippen LogP contribution >= 0.6 is 11.3 Å². The maximum absolute atomic E-state index is 13.4. The normalized spacial score (nSPS) is 21.1. The van der Waals surface area contributed by atoms with E-state index in [2.05, 4.69) is 11.4 Å². The van der Waals surface area contributed by atoms with Crippen molar-refractivity contribution in [1.82, 2.24) is 5.32 Å². The zero-order valence-corrected chi connectivity index (χ0v) is 18.5. The van der Waals surface area contributed by atoms with Crippen molar-refractivity contribution in [2.45, 2.75) is 45.4 Å². The van der Waals surface area contributed by atoms with Crippen LogP contribution in [0.25, 0.3) is 10.1 Å². The molecule has 31 heavy (non-hydrogen) atoms. The Morgan fingerprint density at radius 3 is 2.65 bits per heavy atom. The molecule has 2 fully saturated rings. The van der Waals surface area contributed by atoms with Gasteiger partial charge >= 0.3 is 5.97 Å². The van der Waals surface area contributed by atoms with Gasteiger partial charge in [-0.25, -0.2) is 4.79 Å². The Bertz CT molecular complexity index is 1210. The molecular formula is C25H24N2O3S. The summed E-state index contributed by atoms with van der Waals surface area (Å²) in [6.45, 7) is 3.92. The van der Waals surface area contributed by atoms with E-state index in [1.54, 1.807) is 13.0 Å². The summed E-state index contributed by atoms with van der Waals surface area (Å²) >= 11 is 1.54. The summed E-state index contributed by atoms with van der Waals surface area (Å²) in [5.41, 5.74) is 4.47.